The third kappa shape index (κ3) is 4.93. The SMILES string of the molecule is Cc1ccnc(-n2c3[c-]c(Oc4[c-]c(-n5nc(C)c(-c6c(F)cccc6F)c5C)ccc4)ccc3c3ccccc32)c1.[Pd+2]. The minimum Gasteiger partial charge on any atom is -0.509 e. The number of nitrogens with zero attached hydrogens (tertiary/aromatic N) is 4. The second-order valence-corrected chi connectivity index (χ2v) is 10.2. The Labute approximate surface area is 261 Å². The standard InChI is InChI=1S/C35H24F2N4O.Pd/c1-21-16-17-38-33(18-21)40-31-13-5-4-10-27(31)28-15-14-26(20-32(28)40)42-25-9-6-8-24(19-25)41-23(3)34(22(2)39-41)35-29(36)11-7-12-30(35)37;/h4-18H,1-3H3;/q-2;+2. The minimum absolute atomic E-state index is 0. The first kappa shape index (κ1) is 28.5. The van der Waals surface area contributed by atoms with Crippen molar-refractivity contribution in [2.45, 2.75) is 20.8 Å². The zero-order valence-corrected chi connectivity index (χ0v) is 25.0. The van der Waals surface area contributed by atoms with Crippen molar-refractivity contribution in [3.05, 3.63) is 132 Å². The molecule has 0 saturated carbocycles. The number of halogens is 2. The fraction of sp³-hybridized carbons (Fsp3) is 0.0857. The van der Waals surface area contributed by atoms with E-state index >= 15 is 0 Å². The first-order valence-electron chi connectivity index (χ1n) is 13.5. The molecule has 0 aliphatic rings. The number of rotatable bonds is 5. The van der Waals surface area contributed by atoms with E-state index in [0.29, 0.717) is 34.1 Å². The number of benzene rings is 4. The van der Waals surface area contributed by atoms with Gasteiger partial charge >= 0.3 is 20.4 Å². The van der Waals surface area contributed by atoms with Gasteiger partial charge in [-0.15, -0.1) is 35.7 Å². The van der Waals surface area contributed by atoms with E-state index < -0.39 is 11.6 Å². The molecule has 0 aliphatic heterocycles. The van der Waals surface area contributed by atoms with Crippen molar-refractivity contribution in [1.82, 2.24) is 19.3 Å². The van der Waals surface area contributed by atoms with Gasteiger partial charge in [-0.05, 0) is 67.7 Å². The predicted octanol–water partition coefficient (Wildman–Crippen LogP) is 8.63. The maximum absolute atomic E-state index is 14.6. The quantitative estimate of drug-likeness (QED) is 0.137. The first-order valence-corrected chi connectivity index (χ1v) is 13.5. The number of pyridine rings is 1. The molecule has 3 aromatic heterocycles. The van der Waals surface area contributed by atoms with Gasteiger partial charge in [-0.3, -0.25) is 4.68 Å². The van der Waals surface area contributed by atoms with E-state index in [9.17, 15) is 8.78 Å². The monoisotopic (exact) mass is 660 g/mol. The Bertz CT molecular complexity index is 2130. The van der Waals surface area contributed by atoms with Crippen LogP contribution in [0.1, 0.15) is 17.0 Å². The Hall–Kier alpha value is -4.64. The van der Waals surface area contributed by atoms with Crippen LogP contribution in [-0.4, -0.2) is 19.3 Å². The summed E-state index contributed by atoms with van der Waals surface area (Å²) in [7, 11) is 0. The summed E-state index contributed by atoms with van der Waals surface area (Å²) < 4.78 is 39.2. The summed E-state index contributed by atoms with van der Waals surface area (Å²) in [6.07, 6.45) is 1.80. The van der Waals surface area contributed by atoms with Crippen LogP contribution in [-0.2, 0) is 20.4 Å². The zero-order chi connectivity index (χ0) is 29.0. The molecule has 0 aliphatic carbocycles. The third-order valence-corrected chi connectivity index (χ3v) is 7.39. The van der Waals surface area contributed by atoms with Crippen LogP contribution in [0.25, 0.3) is 44.4 Å². The molecule has 43 heavy (non-hydrogen) atoms. The van der Waals surface area contributed by atoms with Gasteiger partial charge in [0.15, 0.2) is 0 Å². The molecule has 0 bridgehead atoms. The molecule has 0 spiro atoms. The summed E-state index contributed by atoms with van der Waals surface area (Å²) in [6, 6.07) is 32.1. The largest absolute Gasteiger partial charge is 2.00 e. The molecule has 3 heterocycles. The fourth-order valence-corrected chi connectivity index (χ4v) is 5.53. The van der Waals surface area contributed by atoms with Crippen molar-refractivity contribution in [2.24, 2.45) is 0 Å². The zero-order valence-electron chi connectivity index (χ0n) is 23.4. The van der Waals surface area contributed by atoms with Crippen LogP contribution in [0.2, 0.25) is 0 Å². The Morgan fingerprint density at radius 2 is 1.49 bits per heavy atom. The van der Waals surface area contributed by atoms with Gasteiger partial charge in [0, 0.05) is 34.5 Å². The topological polar surface area (TPSA) is 44.9 Å². The van der Waals surface area contributed by atoms with Crippen molar-refractivity contribution in [3.8, 4) is 34.1 Å². The van der Waals surface area contributed by atoms with Gasteiger partial charge in [0.05, 0.1) is 11.3 Å². The summed E-state index contributed by atoms with van der Waals surface area (Å²) in [5.41, 5.74) is 4.98. The molecular weight excluding hydrogens is 637 g/mol. The first-order chi connectivity index (χ1) is 20.4. The predicted molar refractivity (Wildman–Crippen MR) is 159 cm³/mol. The van der Waals surface area contributed by atoms with Gasteiger partial charge < -0.3 is 9.30 Å². The van der Waals surface area contributed by atoms with E-state index in [0.717, 1.165) is 33.2 Å². The third-order valence-electron chi connectivity index (χ3n) is 7.39. The minimum atomic E-state index is -0.633. The Morgan fingerprint density at radius 1 is 0.744 bits per heavy atom. The summed E-state index contributed by atoms with van der Waals surface area (Å²) >= 11 is 0. The normalized spacial score (nSPS) is 11.2. The van der Waals surface area contributed by atoms with Crippen molar-refractivity contribution in [3.63, 3.8) is 0 Å². The van der Waals surface area contributed by atoms with E-state index in [1.807, 2.05) is 55.5 Å². The molecule has 0 fully saturated rings. The molecule has 5 nitrogen and oxygen atoms in total. The summed E-state index contributed by atoms with van der Waals surface area (Å²) in [5.74, 6) is 0.493. The number of hydrogen-bond acceptors (Lipinski definition) is 3. The van der Waals surface area contributed by atoms with Crippen LogP contribution in [0.3, 0.4) is 0 Å². The molecule has 0 unspecified atom stereocenters. The fourth-order valence-electron chi connectivity index (χ4n) is 5.53. The summed E-state index contributed by atoms with van der Waals surface area (Å²) in [4.78, 5) is 4.63. The number of ether oxygens (including phenoxy) is 1. The molecule has 0 atom stereocenters. The van der Waals surface area contributed by atoms with Crippen LogP contribution in [0.15, 0.2) is 91.1 Å². The van der Waals surface area contributed by atoms with Crippen molar-refractivity contribution < 1.29 is 33.9 Å². The smallest absolute Gasteiger partial charge is 0.509 e. The van der Waals surface area contributed by atoms with Gasteiger partial charge in [-0.1, -0.05) is 29.8 Å². The van der Waals surface area contributed by atoms with E-state index in [1.165, 1.54) is 18.2 Å². The van der Waals surface area contributed by atoms with Gasteiger partial charge in [0.2, 0.25) is 0 Å². The average Bonchev–Trinajstić information content (AvgIpc) is 3.46. The van der Waals surface area contributed by atoms with Crippen molar-refractivity contribution in [1.29, 1.82) is 0 Å². The molecule has 214 valence electrons. The number of aryl methyl sites for hydroxylation is 2. The molecular formula is C35H24F2N4OPd. The van der Waals surface area contributed by atoms with Crippen LogP contribution >= 0.6 is 0 Å². The van der Waals surface area contributed by atoms with Crippen LogP contribution in [0.5, 0.6) is 11.5 Å². The van der Waals surface area contributed by atoms with Gasteiger partial charge in [0.25, 0.3) is 0 Å². The molecule has 0 saturated heterocycles. The average molecular weight is 661 g/mol. The van der Waals surface area contributed by atoms with Gasteiger partial charge in [0.1, 0.15) is 17.5 Å². The maximum Gasteiger partial charge on any atom is 2.00 e. The Morgan fingerprint density at radius 3 is 2.28 bits per heavy atom. The molecule has 4 aromatic carbocycles. The van der Waals surface area contributed by atoms with Crippen LogP contribution in [0.4, 0.5) is 8.78 Å². The maximum atomic E-state index is 14.6. The molecule has 7 rings (SSSR count). The Balaban J connectivity index is 0.00000329. The second-order valence-electron chi connectivity index (χ2n) is 10.2. The van der Waals surface area contributed by atoms with E-state index in [4.69, 9.17) is 4.74 Å². The van der Waals surface area contributed by atoms with Gasteiger partial charge in [-0.2, -0.15) is 17.2 Å². The number of aromatic nitrogens is 4. The van der Waals surface area contributed by atoms with Crippen molar-refractivity contribution in [2.75, 3.05) is 0 Å². The summed E-state index contributed by atoms with van der Waals surface area (Å²) in [5, 5.41) is 6.72. The van der Waals surface area contributed by atoms with E-state index in [2.05, 4.69) is 38.9 Å². The van der Waals surface area contributed by atoms with Crippen LogP contribution in [0, 0.1) is 44.5 Å². The van der Waals surface area contributed by atoms with Crippen LogP contribution < -0.4 is 4.74 Å². The number of hydrogen-bond donors (Lipinski definition) is 0. The summed E-state index contributed by atoms with van der Waals surface area (Å²) in [6.45, 7) is 5.55. The number of para-hydroxylation sites is 1. The second kappa shape index (κ2) is 11.2. The molecule has 0 amide bonds. The Kier molecular flexibility index (Phi) is 7.43. The van der Waals surface area contributed by atoms with Gasteiger partial charge in [-0.25, -0.2) is 13.8 Å². The van der Waals surface area contributed by atoms with Crippen molar-refractivity contribution >= 4 is 21.8 Å². The van der Waals surface area contributed by atoms with E-state index in [-0.39, 0.29) is 26.0 Å². The molecule has 0 radical (unpaired) electrons. The van der Waals surface area contributed by atoms with E-state index in [1.54, 1.807) is 30.8 Å². The molecule has 7 aromatic rings. The molecule has 0 N–H and O–H groups in total. The number of fused-ring (bicyclic) bond motifs is 3. The molecule has 8 heteroatoms.